The number of carbonyl (C=O) groups excluding carboxylic acids is 2. The number of carbonyl (C=O) groups is 2. The van der Waals surface area contributed by atoms with E-state index in [0.717, 1.165) is 38.8 Å². The van der Waals surface area contributed by atoms with Crippen LogP contribution in [-0.4, -0.2) is 51.8 Å². The fourth-order valence-corrected chi connectivity index (χ4v) is 3.76. The third-order valence-electron chi connectivity index (χ3n) is 5.36. The summed E-state index contributed by atoms with van der Waals surface area (Å²) in [6.45, 7) is 5.80. The Kier molecular flexibility index (Phi) is 5.17. The number of piperidine rings is 2. The molecule has 0 aliphatic carbocycles. The summed E-state index contributed by atoms with van der Waals surface area (Å²) in [6.07, 6.45) is 8.15. The number of hydrogen-bond donors (Lipinski definition) is 0. The van der Waals surface area contributed by atoms with E-state index in [2.05, 4.69) is 18.8 Å². The van der Waals surface area contributed by atoms with E-state index < -0.39 is 0 Å². The molecule has 1 aromatic heterocycles. The average Bonchev–Trinajstić information content (AvgIpc) is 2.61. The summed E-state index contributed by atoms with van der Waals surface area (Å²) in [4.78, 5) is 33.4. The van der Waals surface area contributed by atoms with Gasteiger partial charge in [-0.1, -0.05) is 0 Å². The van der Waals surface area contributed by atoms with Crippen LogP contribution in [0.25, 0.3) is 0 Å². The lowest BCUT2D eigenvalue weighted by Crippen LogP contribution is -2.43. The second-order valence-corrected chi connectivity index (χ2v) is 7.12. The molecule has 1 aromatic rings. The first kappa shape index (κ1) is 16.9. The van der Waals surface area contributed by atoms with Crippen molar-refractivity contribution >= 4 is 11.8 Å². The maximum absolute atomic E-state index is 12.6. The van der Waals surface area contributed by atoms with Gasteiger partial charge in [0, 0.05) is 31.4 Å². The van der Waals surface area contributed by atoms with Crippen molar-refractivity contribution < 1.29 is 9.59 Å². The Hall–Kier alpha value is -1.91. The van der Waals surface area contributed by atoms with Gasteiger partial charge in [0.2, 0.25) is 0 Å². The summed E-state index contributed by atoms with van der Waals surface area (Å²) in [7, 11) is 0. The predicted molar refractivity (Wildman–Crippen MR) is 92.9 cm³/mol. The van der Waals surface area contributed by atoms with Gasteiger partial charge in [-0.3, -0.25) is 14.6 Å². The van der Waals surface area contributed by atoms with Crippen LogP contribution in [0, 0.1) is 0 Å². The molecule has 24 heavy (non-hydrogen) atoms. The summed E-state index contributed by atoms with van der Waals surface area (Å²) in [6, 6.07) is 4.00. The third-order valence-corrected chi connectivity index (χ3v) is 5.36. The van der Waals surface area contributed by atoms with Crippen molar-refractivity contribution in [1.29, 1.82) is 0 Å². The highest BCUT2D eigenvalue weighted by atomic mass is 16.2. The minimum absolute atomic E-state index is 0.0208. The number of nitrogens with zero attached hydrogens (tertiary/aromatic N) is 3. The van der Waals surface area contributed by atoms with Crippen LogP contribution >= 0.6 is 0 Å². The zero-order chi connectivity index (χ0) is 17.1. The Morgan fingerprint density at radius 2 is 1.50 bits per heavy atom. The van der Waals surface area contributed by atoms with Crippen molar-refractivity contribution in [2.24, 2.45) is 0 Å². The topological polar surface area (TPSA) is 53.5 Å². The van der Waals surface area contributed by atoms with Crippen molar-refractivity contribution in [2.45, 2.75) is 64.5 Å². The normalized spacial score (nSPS) is 24.8. The molecule has 0 aromatic carbocycles. The lowest BCUT2D eigenvalue weighted by Gasteiger charge is -2.34. The lowest BCUT2D eigenvalue weighted by atomic mass is 10.0. The number of likely N-dealkylation sites (tertiary alicyclic amines) is 2. The average molecular weight is 329 g/mol. The van der Waals surface area contributed by atoms with Crippen LogP contribution < -0.4 is 0 Å². The van der Waals surface area contributed by atoms with Gasteiger partial charge in [0.1, 0.15) is 5.69 Å². The molecular weight excluding hydrogens is 302 g/mol. The molecule has 2 atom stereocenters. The molecule has 0 N–H and O–H groups in total. The van der Waals surface area contributed by atoms with Crippen molar-refractivity contribution in [1.82, 2.24) is 14.8 Å². The molecule has 5 heteroatoms. The van der Waals surface area contributed by atoms with E-state index >= 15 is 0 Å². The molecule has 0 saturated carbocycles. The highest BCUT2D eigenvalue weighted by molar-refractivity contribution is 5.96. The molecule has 0 unspecified atom stereocenters. The van der Waals surface area contributed by atoms with Gasteiger partial charge >= 0.3 is 0 Å². The Morgan fingerprint density at radius 1 is 0.917 bits per heavy atom. The van der Waals surface area contributed by atoms with Crippen molar-refractivity contribution in [3.05, 3.63) is 29.6 Å². The summed E-state index contributed by atoms with van der Waals surface area (Å²) >= 11 is 0. The Bertz CT molecular complexity index is 546. The molecular formula is C19H27N3O2. The standard InChI is InChI=1S/C19H27N3O2/c1-14-7-3-5-11-21(14)18(23)16-9-10-17(20-13-16)19(24)22-12-6-4-8-15(22)2/h9-10,13-15H,3-8,11-12H2,1-2H3/t14-,15+/m1/s1. The van der Waals surface area contributed by atoms with Crippen LogP contribution in [0.3, 0.4) is 0 Å². The van der Waals surface area contributed by atoms with E-state index in [0.29, 0.717) is 11.3 Å². The minimum atomic E-state index is -0.0208. The van der Waals surface area contributed by atoms with Gasteiger partial charge in [0.25, 0.3) is 11.8 Å². The molecule has 2 fully saturated rings. The maximum atomic E-state index is 12.6. The lowest BCUT2D eigenvalue weighted by molar-refractivity contribution is 0.0618. The summed E-state index contributed by atoms with van der Waals surface area (Å²) in [5.74, 6) is 0.00702. The van der Waals surface area contributed by atoms with E-state index in [4.69, 9.17) is 0 Å². The van der Waals surface area contributed by atoms with Crippen LogP contribution in [0.2, 0.25) is 0 Å². The van der Waals surface area contributed by atoms with E-state index in [9.17, 15) is 9.59 Å². The Labute approximate surface area is 144 Å². The van der Waals surface area contributed by atoms with Crippen LogP contribution in [0.5, 0.6) is 0 Å². The number of hydrogen-bond acceptors (Lipinski definition) is 3. The number of rotatable bonds is 2. The van der Waals surface area contributed by atoms with E-state index in [1.165, 1.54) is 12.8 Å². The van der Waals surface area contributed by atoms with Crippen molar-refractivity contribution in [3.63, 3.8) is 0 Å². The van der Waals surface area contributed by atoms with Gasteiger partial charge in [-0.2, -0.15) is 0 Å². The van der Waals surface area contributed by atoms with E-state index in [1.54, 1.807) is 18.3 Å². The molecule has 2 aliphatic rings. The summed E-state index contributed by atoms with van der Waals surface area (Å²) in [5, 5.41) is 0. The van der Waals surface area contributed by atoms with Gasteiger partial charge in [0.05, 0.1) is 5.56 Å². The first-order chi connectivity index (χ1) is 11.6. The van der Waals surface area contributed by atoms with Crippen LogP contribution in [0.15, 0.2) is 18.3 Å². The van der Waals surface area contributed by atoms with Crippen molar-refractivity contribution in [3.8, 4) is 0 Å². The second-order valence-electron chi connectivity index (χ2n) is 7.12. The van der Waals surface area contributed by atoms with Gasteiger partial charge in [0.15, 0.2) is 0 Å². The molecule has 3 rings (SSSR count). The van der Waals surface area contributed by atoms with Crippen LogP contribution in [0.4, 0.5) is 0 Å². The molecule has 3 heterocycles. The summed E-state index contributed by atoms with van der Waals surface area (Å²) in [5.41, 5.74) is 1.01. The number of pyridine rings is 1. The van der Waals surface area contributed by atoms with Crippen LogP contribution in [0.1, 0.15) is 73.2 Å². The predicted octanol–water partition coefficient (Wildman–Crippen LogP) is 3.11. The Morgan fingerprint density at radius 3 is 2.00 bits per heavy atom. The SMILES string of the molecule is C[C@@H]1CCCCN1C(=O)c1ccc(C(=O)N2CCCC[C@@H]2C)nc1. The van der Waals surface area contributed by atoms with Gasteiger partial charge in [-0.25, -0.2) is 0 Å². The second kappa shape index (κ2) is 7.32. The smallest absolute Gasteiger partial charge is 0.272 e. The number of amides is 2. The summed E-state index contributed by atoms with van der Waals surface area (Å²) < 4.78 is 0. The molecule has 0 radical (unpaired) electrons. The zero-order valence-electron chi connectivity index (χ0n) is 14.7. The molecule has 2 aliphatic heterocycles. The molecule has 130 valence electrons. The Balaban J connectivity index is 1.70. The monoisotopic (exact) mass is 329 g/mol. The largest absolute Gasteiger partial charge is 0.336 e. The highest BCUT2D eigenvalue weighted by Gasteiger charge is 2.27. The maximum Gasteiger partial charge on any atom is 0.272 e. The quantitative estimate of drug-likeness (QED) is 0.838. The highest BCUT2D eigenvalue weighted by Crippen LogP contribution is 2.21. The molecule has 2 amide bonds. The van der Waals surface area contributed by atoms with Gasteiger partial charge in [-0.15, -0.1) is 0 Å². The molecule has 0 spiro atoms. The third kappa shape index (κ3) is 3.45. The van der Waals surface area contributed by atoms with Crippen LogP contribution in [-0.2, 0) is 0 Å². The molecule has 2 saturated heterocycles. The zero-order valence-corrected chi connectivity index (χ0v) is 14.7. The molecule has 5 nitrogen and oxygen atoms in total. The van der Waals surface area contributed by atoms with E-state index in [-0.39, 0.29) is 23.9 Å². The first-order valence-corrected chi connectivity index (χ1v) is 9.16. The minimum Gasteiger partial charge on any atom is -0.336 e. The van der Waals surface area contributed by atoms with E-state index in [1.807, 2.05) is 9.80 Å². The van der Waals surface area contributed by atoms with Gasteiger partial charge < -0.3 is 9.80 Å². The number of aromatic nitrogens is 1. The van der Waals surface area contributed by atoms with Crippen molar-refractivity contribution in [2.75, 3.05) is 13.1 Å². The fourth-order valence-electron chi connectivity index (χ4n) is 3.76. The fraction of sp³-hybridized carbons (Fsp3) is 0.632. The van der Waals surface area contributed by atoms with Gasteiger partial charge in [-0.05, 0) is 64.5 Å². The molecule has 0 bridgehead atoms. The first-order valence-electron chi connectivity index (χ1n) is 9.16.